The van der Waals surface area contributed by atoms with Gasteiger partial charge in [-0.2, -0.15) is 0 Å². The minimum atomic E-state index is -0.0142. The summed E-state index contributed by atoms with van der Waals surface area (Å²) in [7, 11) is 0. The van der Waals surface area contributed by atoms with Crippen LogP contribution in [0.4, 0.5) is 4.79 Å². The van der Waals surface area contributed by atoms with Crippen LogP contribution in [0.3, 0.4) is 0 Å². The highest BCUT2D eigenvalue weighted by Gasteiger charge is 2.22. The van der Waals surface area contributed by atoms with E-state index in [2.05, 4.69) is 29.4 Å². The Morgan fingerprint density at radius 3 is 2.50 bits per heavy atom. The predicted molar refractivity (Wildman–Crippen MR) is 57.3 cm³/mol. The molecule has 1 fully saturated rings. The Labute approximate surface area is 86.0 Å². The zero-order valence-corrected chi connectivity index (χ0v) is 9.18. The molecule has 0 spiro atoms. The number of nitrogens with one attached hydrogen (secondary N) is 2. The molecule has 2 amide bonds. The Kier molecular flexibility index (Phi) is 4.73. The van der Waals surface area contributed by atoms with Gasteiger partial charge in [0, 0.05) is 19.1 Å². The maximum atomic E-state index is 11.2. The molecule has 0 atom stereocenters. The van der Waals surface area contributed by atoms with Crippen molar-refractivity contribution >= 4 is 6.03 Å². The minimum absolute atomic E-state index is 0.0142. The number of amides is 2. The summed E-state index contributed by atoms with van der Waals surface area (Å²) in [6, 6.07) is 0.433. The van der Waals surface area contributed by atoms with Crippen molar-refractivity contribution < 1.29 is 4.79 Å². The molecule has 0 unspecified atom stereocenters. The van der Waals surface area contributed by atoms with Gasteiger partial charge in [-0.25, -0.2) is 4.79 Å². The number of carbonyl (C=O) groups excluding carboxylic acids is 1. The maximum absolute atomic E-state index is 11.2. The van der Waals surface area contributed by atoms with Crippen LogP contribution in [0.2, 0.25) is 0 Å². The second kappa shape index (κ2) is 5.86. The van der Waals surface area contributed by atoms with E-state index < -0.39 is 0 Å². The summed E-state index contributed by atoms with van der Waals surface area (Å²) in [5.41, 5.74) is 0. The average Bonchev–Trinajstić information content (AvgIpc) is 2.96. The lowest BCUT2D eigenvalue weighted by molar-refractivity contribution is 0.236. The van der Waals surface area contributed by atoms with Gasteiger partial charge in [-0.3, -0.25) is 0 Å². The van der Waals surface area contributed by atoms with Crippen molar-refractivity contribution in [1.82, 2.24) is 15.5 Å². The van der Waals surface area contributed by atoms with Gasteiger partial charge in [-0.05, 0) is 25.9 Å². The number of hydrogen-bond acceptors (Lipinski definition) is 2. The third kappa shape index (κ3) is 4.46. The number of nitrogens with zero attached hydrogens (tertiary/aromatic N) is 1. The predicted octanol–water partition coefficient (Wildman–Crippen LogP) is 0.790. The topological polar surface area (TPSA) is 44.4 Å². The molecule has 0 aromatic rings. The Morgan fingerprint density at radius 1 is 1.36 bits per heavy atom. The summed E-state index contributed by atoms with van der Waals surface area (Å²) < 4.78 is 0. The molecule has 0 aliphatic heterocycles. The second-order valence-corrected chi connectivity index (χ2v) is 3.70. The third-order valence-corrected chi connectivity index (χ3v) is 2.52. The second-order valence-electron chi connectivity index (χ2n) is 3.70. The molecular weight excluding hydrogens is 178 g/mol. The van der Waals surface area contributed by atoms with Gasteiger partial charge in [0.2, 0.25) is 0 Å². The average molecular weight is 199 g/mol. The van der Waals surface area contributed by atoms with E-state index in [-0.39, 0.29) is 6.03 Å². The van der Waals surface area contributed by atoms with E-state index in [0.29, 0.717) is 6.04 Å². The van der Waals surface area contributed by atoms with Gasteiger partial charge in [0.1, 0.15) is 0 Å². The highest BCUT2D eigenvalue weighted by atomic mass is 16.2. The Bertz CT molecular complexity index is 176. The summed E-state index contributed by atoms with van der Waals surface area (Å²) in [5.74, 6) is 0. The molecule has 0 radical (unpaired) electrons. The van der Waals surface area contributed by atoms with Crippen molar-refractivity contribution in [3.63, 3.8) is 0 Å². The van der Waals surface area contributed by atoms with Gasteiger partial charge >= 0.3 is 6.03 Å². The molecule has 0 bridgehead atoms. The number of rotatable bonds is 6. The van der Waals surface area contributed by atoms with Crippen LogP contribution in [0, 0.1) is 0 Å². The molecular formula is C10H21N3O. The van der Waals surface area contributed by atoms with Gasteiger partial charge in [0.25, 0.3) is 0 Å². The standard InChI is InChI=1S/C10H21N3O/c1-3-13(4-2)8-7-11-10(14)12-9-5-6-9/h9H,3-8H2,1-2H3,(H2,11,12,14). The van der Waals surface area contributed by atoms with Gasteiger partial charge in [-0.1, -0.05) is 13.8 Å². The van der Waals surface area contributed by atoms with Gasteiger partial charge < -0.3 is 15.5 Å². The number of hydrogen-bond donors (Lipinski definition) is 2. The van der Waals surface area contributed by atoms with Crippen LogP contribution in [-0.4, -0.2) is 43.2 Å². The fourth-order valence-corrected chi connectivity index (χ4v) is 1.33. The van der Waals surface area contributed by atoms with Crippen molar-refractivity contribution in [3.05, 3.63) is 0 Å². The molecule has 1 aliphatic carbocycles. The molecule has 1 saturated carbocycles. The summed E-state index contributed by atoms with van der Waals surface area (Å²) in [6.45, 7) is 8.03. The van der Waals surface area contributed by atoms with Crippen molar-refractivity contribution in [2.24, 2.45) is 0 Å². The first-order valence-corrected chi connectivity index (χ1v) is 5.53. The van der Waals surface area contributed by atoms with E-state index in [1.807, 2.05) is 0 Å². The first-order valence-electron chi connectivity index (χ1n) is 5.53. The number of urea groups is 1. The van der Waals surface area contributed by atoms with Gasteiger partial charge in [-0.15, -0.1) is 0 Å². The zero-order valence-electron chi connectivity index (χ0n) is 9.18. The minimum Gasteiger partial charge on any atom is -0.337 e. The molecule has 0 heterocycles. The lowest BCUT2D eigenvalue weighted by atomic mass is 10.4. The first kappa shape index (κ1) is 11.3. The molecule has 82 valence electrons. The molecule has 0 aromatic heterocycles. The summed E-state index contributed by atoms with van der Waals surface area (Å²) >= 11 is 0. The normalized spacial score (nSPS) is 15.6. The monoisotopic (exact) mass is 199 g/mol. The zero-order chi connectivity index (χ0) is 10.4. The molecule has 14 heavy (non-hydrogen) atoms. The third-order valence-electron chi connectivity index (χ3n) is 2.52. The Hall–Kier alpha value is -0.770. The van der Waals surface area contributed by atoms with Crippen LogP contribution >= 0.6 is 0 Å². The SMILES string of the molecule is CCN(CC)CCNC(=O)NC1CC1. The summed E-state index contributed by atoms with van der Waals surface area (Å²) in [6.07, 6.45) is 2.28. The molecule has 0 aromatic carbocycles. The quantitative estimate of drug-likeness (QED) is 0.664. The molecule has 2 N–H and O–H groups in total. The van der Waals surface area contributed by atoms with E-state index in [4.69, 9.17) is 0 Å². The molecule has 1 rings (SSSR count). The summed E-state index contributed by atoms with van der Waals surface area (Å²) in [4.78, 5) is 13.5. The highest BCUT2D eigenvalue weighted by Crippen LogP contribution is 2.17. The van der Waals surface area contributed by atoms with Crippen LogP contribution in [0.5, 0.6) is 0 Å². The van der Waals surface area contributed by atoms with E-state index in [1.54, 1.807) is 0 Å². The fraction of sp³-hybridized carbons (Fsp3) is 0.900. The fourth-order valence-electron chi connectivity index (χ4n) is 1.33. The van der Waals surface area contributed by atoms with E-state index in [1.165, 1.54) is 0 Å². The molecule has 1 aliphatic rings. The Morgan fingerprint density at radius 2 is 2.00 bits per heavy atom. The van der Waals surface area contributed by atoms with Crippen LogP contribution in [0.25, 0.3) is 0 Å². The number of likely N-dealkylation sites (N-methyl/N-ethyl adjacent to an activating group) is 1. The van der Waals surface area contributed by atoms with Crippen LogP contribution in [-0.2, 0) is 0 Å². The van der Waals surface area contributed by atoms with Crippen LogP contribution < -0.4 is 10.6 Å². The van der Waals surface area contributed by atoms with Crippen molar-refractivity contribution in [3.8, 4) is 0 Å². The van der Waals surface area contributed by atoms with Crippen molar-refractivity contribution in [2.75, 3.05) is 26.2 Å². The van der Waals surface area contributed by atoms with E-state index >= 15 is 0 Å². The lowest BCUT2D eigenvalue weighted by Gasteiger charge is -2.17. The highest BCUT2D eigenvalue weighted by molar-refractivity contribution is 5.74. The largest absolute Gasteiger partial charge is 0.337 e. The smallest absolute Gasteiger partial charge is 0.315 e. The number of carbonyl (C=O) groups is 1. The lowest BCUT2D eigenvalue weighted by Crippen LogP contribution is -2.41. The maximum Gasteiger partial charge on any atom is 0.315 e. The van der Waals surface area contributed by atoms with Gasteiger partial charge in [0.05, 0.1) is 0 Å². The first-order chi connectivity index (χ1) is 6.76. The van der Waals surface area contributed by atoms with E-state index in [9.17, 15) is 4.79 Å². The summed E-state index contributed by atoms with van der Waals surface area (Å²) in [5, 5.41) is 5.76. The van der Waals surface area contributed by atoms with Crippen LogP contribution in [0.15, 0.2) is 0 Å². The van der Waals surface area contributed by atoms with Crippen LogP contribution in [0.1, 0.15) is 26.7 Å². The van der Waals surface area contributed by atoms with E-state index in [0.717, 1.165) is 39.0 Å². The molecule has 4 nitrogen and oxygen atoms in total. The molecule has 4 heteroatoms. The Balaban J connectivity index is 1.98. The van der Waals surface area contributed by atoms with Crippen molar-refractivity contribution in [2.45, 2.75) is 32.7 Å². The van der Waals surface area contributed by atoms with Gasteiger partial charge in [0.15, 0.2) is 0 Å². The van der Waals surface area contributed by atoms with Crippen molar-refractivity contribution in [1.29, 1.82) is 0 Å². The molecule has 0 saturated heterocycles.